The molecule has 0 saturated carbocycles. The minimum atomic E-state index is -3.51. The van der Waals surface area contributed by atoms with E-state index in [1.165, 1.54) is 4.88 Å². The Labute approximate surface area is 141 Å². The van der Waals surface area contributed by atoms with Crippen LogP contribution in [0.2, 0.25) is 0 Å². The molecule has 2 aromatic rings. The van der Waals surface area contributed by atoms with Crippen molar-refractivity contribution in [2.24, 2.45) is 0 Å². The minimum Gasteiger partial charge on any atom is -0.207 e. The first-order valence-electron chi connectivity index (χ1n) is 7.16. The maximum Gasteiger partial charge on any atom is 0.241 e. The highest BCUT2D eigenvalue weighted by Crippen LogP contribution is 2.24. The third-order valence-electron chi connectivity index (χ3n) is 3.35. The summed E-state index contributed by atoms with van der Waals surface area (Å²) in [6.45, 7) is 3.87. The zero-order chi connectivity index (χ0) is 16.2. The molecule has 0 aliphatic heterocycles. The Kier molecular flexibility index (Phi) is 6.03. The van der Waals surface area contributed by atoms with Crippen molar-refractivity contribution in [1.29, 1.82) is 0 Å². The number of nitrogens with one attached hydrogen (secondary N) is 1. The number of rotatable bonds is 7. The van der Waals surface area contributed by atoms with Crippen molar-refractivity contribution in [1.82, 2.24) is 4.72 Å². The standard InChI is InChI=1S/C16H20ClNO2S2/c1-12-5-10-16(21-12)13(2)18-22(19,20)15-8-6-14(7-9-15)4-3-11-17/h5-10,13,18H,3-4,11H2,1-2H3. The quantitative estimate of drug-likeness (QED) is 0.752. The van der Waals surface area contributed by atoms with Gasteiger partial charge in [-0.25, -0.2) is 13.1 Å². The van der Waals surface area contributed by atoms with Crippen molar-refractivity contribution in [3.8, 4) is 0 Å². The summed E-state index contributed by atoms with van der Waals surface area (Å²) in [5.74, 6) is 0.610. The van der Waals surface area contributed by atoms with Crippen LogP contribution in [-0.2, 0) is 16.4 Å². The van der Waals surface area contributed by atoms with Crippen LogP contribution in [0.3, 0.4) is 0 Å². The Morgan fingerprint density at radius 3 is 2.41 bits per heavy atom. The normalized spacial score (nSPS) is 13.2. The molecule has 3 nitrogen and oxygen atoms in total. The number of benzene rings is 1. The molecule has 0 aliphatic rings. The fraction of sp³-hybridized carbons (Fsp3) is 0.375. The van der Waals surface area contributed by atoms with E-state index >= 15 is 0 Å². The van der Waals surface area contributed by atoms with Gasteiger partial charge in [-0.05, 0) is 56.5 Å². The van der Waals surface area contributed by atoms with Crippen LogP contribution < -0.4 is 4.72 Å². The lowest BCUT2D eigenvalue weighted by molar-refractivity contribution is 0.568. The number of alkyl halides is 1. The number of hydrogen-bond donors (Lipinski definition) is 1. The van der Waals surface area contributed by atoms with E-state index in [9.17, 15) is 8.42 Å². The number of halogens is 1. The van der Waals surface area contributed by atoms with Gasteiger partial charge in [0, 0.05) is 15.6 Å². The molecular weight excluding hydrogens is 338 g/mol. The summed E-state index contributed by atoms with van der Waals surface area (Å²) in [4.78, 5) is 2.48. The number of hydrogen-bond acceptors (Lipinski definition) is 3. The fourth-order valence-corrected chi connectivity index (χ4v) is 4.46. The lowest BCUT2D eigenvalue weighted by Crippen LogP contribution is -2.26. The molecule has 1 N–H and O–H groups in total. The summed E-state index contributed by atoms with van der Waals surface area (Å²) in [6.07, 6.45) is 1.75. The molecule has 1 aromatic heterocycles. The number of sulfonamides is 1. The van der Waals surface area contributed by atoms with Gasteiger partial charge in [-0.15, -0.1) is 22.9 Å². The average molecular weight is 358 g/mol. The molecule has 1 aromatic carbocycles. The van der Waals surface area contributed by atoms with Gasteiger partial charge in [0.15, 0.2) is 0 Å². The smallest absolute Gasteiger partial charge is 0.207 e. The highest BCUT2D eigenvalue weighted by atomic mass is 35.5. The number of aryl methyl sites for hydroxylation is 2. The zero-order valence-electron chi connectivity index (χ0n) is 12.7. The summed E-state index contributed by atoms with van der Waals surface area (Å²) in [5.41, 5.74) is 1.10. The van der Waals surface area contributed by atoms with Gasteiger partial charge in [0.2, 0.25) is 10.0 Å². The molecule has 1 heterocycles. The number of thiophene rings is 1. The Hall–Kier alpha value is -0.880. The van der Waals surface area contributed by atoms with Gasteiger partial charge in [-0.1, -0.05) is 12.1 Å². The van der Waals surface area contributed by atoms with Crippen molar-refractivity contribution < 1.29 is 8.42 Å². The van der Waals surface area contributed by atoms with E-state index in [2.05, 4.69) is 4.72 Å². The lowest BCUT2D eigenvalue weighted by Gasteiger charge is -2.13. The van der Waals surface area contributed by atoms with Crippen LogP contribution in [0.5, 0.6) is 0 Å². The van der Waals surface area contributed by atoms with Crippen molar-refractivity contribution in [3.63, 3.8) is 0 Å². The molecule has 0 fully saturated rings. The molecule has 1 unspecified atom stereocenters. The van der Waals surface area contributed by atoms with Crippen molar-refractivity contribution in [2.45, 2.75) is 37.6 Å². The van der Waals surface area contributed by atoms with Gasteiger partial charge < -0.3 is 0 Å². The van der Waals surface area contributed by atoms with Gasteiger partial charge >= 0.3 is 0 Å². The van der Waals surface area contributed by atoms with E-state index in [4.69, 9.17) is 11.6 Å². The van der Waals surface area contributed by atoms with Crippen LogP contribution in [0.1, 0.15) is 34.7 Å². The summed E-state index contributed by atoms with van der Waals surface area (Å²) in [5, 5.41) is 0. The van der Waals surface area contributed by atoms with Crippen molar-refractivity contribution in [3.05, 3.63) is 51.7 Å². The molecule has 1 atom stereocenters. The van der Waals surface area contributed by atoms with Crippen molar-refractivity contribution >= 4 is 33.0 Å². The Morgan fingerprint density at radius 2 is 1.86 bits per heavy atom. The highest BCUT2D eigenvalue weighted by Gasteiger charge is 2.19. The monoisotopic (exact) mass is 357 g/mol. The van der Waals surface area contributed by atoms with E-state index in [-0.39, 0.29) is 6.04 Å². The summed E-state index contributed by atoms with van der Waals surface area (Å²) in [6, 6.07) is 10.7. The van der Waals surface area contributed by atoms with Crippen LogP contribution in [-0.4, -0.2) is 14.3 Å². The molecule has 0 aliphatic carbocycles. The molecule has 120 valence electrons. The second-order valence-electron chi connectivity index (χ2n) is 5.23. The fourth-order valence-electron chi connectivity index (χ4n) is 2.15. The SMILES string of the molecule is Cc1ccc(C(C)NS(=O)(=O)c2ccc(CCCCl)cc2)s1. The summed E-state index contributed by atoms with van der Waals surface area (Å²) >= 11 is 7.27. The van der Waals surface area contributed by atoms with Crippen molar-refractivity contribution in [2.75, 3.05) is 5.88 Å². The van der Waals surface area contributed by atoms with E-state index in [0.717, 1.165) is 23.3 Å². The topological polar surface area (TPSA) is 46.2 Å². The first-order valence-corrected chi connectivity index (χ1v) is 9.99. The first kappa shape index (κ1) is 17.5. The summed E-state index contributed by atoms with van der Waals surface area (Å²) < 4.78 is 27.6. The largest absolute Gasteiger partial charge is 0.241 e. The maximum absolute atomic E-state index is 12.4. The second-order valence-corrected chi connectivity index (χ2v) is 8.64. The minimum absolute atomic E-state index is 0.236. The van der Waals surface area contributed by atoms with Crippen LogP contribution in [0, 0.1) is 6.92 Å². The zero-order valence-corrected chi connectivity index (χ0v) is 15.1. The Morgan fingerprint density at radius 1 is 1.18 bits per heavy atom. The molecule has 0 saturated heterocycles. The molecule has 6 heteroatoms. The lowest BCUT2D eigenvalue weighted by atomic mass is 10.1. The predicted molar refractivity (Wildman–Crippen MR) is 93.3 cm³/mol. The van der Waals surface area contributed by atoms with E-state index in [0.29, 0.717) is 10.8 Å². The van der Waals surface area contributed by atoms with E-state index < -0.39 is 10.0 Å². The van der Waals surface area contributed by atoms with Gasteiger partial charge in [0.1, 0.15) is 0 Å². The summed E-state index contributed by atoms with van der Waals surface area (Å²) in [7, 11) is -3.51. The second kappa shape index (κ2) is 7.59. The molecule has 2 rings (SSSR count). The molecule has 0 bridgehead atoms. The maximum atomic E-state index is 12.4. The van der Waals surface area contributed by atoms with E-state index in [1.54, 1.807) is 23.5 Å². The van der Waals surface area contributed by atoms with Gasteiger partial charge in [-0.2, -0.15) is 0 Å². The third kappa shape index (κ3) is 4.56. The molecule has 0 spiro atoms. The van der Waals surface area contributed by atoms with Gasteiger partial charge in [0.05, 0.1) is 10.9 Å². The van der Waals surface area contributed by atoms with E-state index in [1.807, 2.05) is 38.1 Å². The molecule has 0 radical (unpaired) electrons. The Bertz CT molecular complexity index is 708. The van der Waals surface area contributed by atoms with Crippen LogP contribution in [0.15, 0.2) is 41.3 Å². The van der Waals surface area contributed by atoms with Gasteiger partial charge in [0.25, 0.3) is 0 Å². The Balaban J connectivity index is 2.09. The highest BCUT2D eigenvalue weighted by molar-refractivity contribution is 7.89. The van der Waals surface area contributed by atoms with Crippen LogP contribution in [0.4, 0.5) is 0 Å². The molecule has 0 amide bonds. The average Bonchev–Trinajstić information content (AvgIpc) is 2.92. The first-order chi connectivity index (χ1) is 10.4. The van der Waals surface area contributed by atoms with Gasteiger partial charge in [-0.3, -0.25) is 0 Å². The molecular formula is C16H20ClNO2S2. The third-order valence-corrected chi connectivity index (χ3v) is 6.36. The van der Waals surface area contributed by atoms with Crippen LogP contribution in [0.25, 0.3) is 0 Å². The predicted octanol–water partition coefficient (Wildman–Crippen LogP) is 4.27. The molecule has 22 heavy (non-hydrogen) atoms. The van der Waals surface area contributed by atoms with Crippen LogP contribution >= 0.6 is 22.9 Å².